The highest BCUT2D eigenvalue weighted by molar-refractivity contribution is 5.81. The highest BCUT2D eigenvalue weighted by Gasteiger charge is 2.87. The minimum Gasteiger partial charge on any atom is -0.465 e. The van der Waals surface area contributed by atoms with Crippen molar-refractivity contribution in [2.75, 3.05) is 13.4 Å². The lowest BCUT2D eigenvalue weighted by Gasteiger charge is -2.71. The molecule has 1 N–H and O–H groups in total. The van der Waals surface area contributed by atoms with Crippen LogP contribution in [0.4, 0.5) is 0 Å². The molecule has 0 aromatic heterocycles. The predicted molar refractivity (Wildman–Crippen MR) is 151 cm³/mol. The molecule has 5 aliphatic carbocycles. The van der Waals surface area contributed by atoms with Gasteiger partial charge < -0.3 is 24.1 Å². The van der Waals surface area contributed by atoms with E-state index >= 15 is 0 Å². The van der Waals surface area contributed by atoms with E-state index in [1.165, 1.54) is 20.8 Å². The van der Waals surface area contributed by atoms with E-state index in [0.717, 1.165) is 44.9 Å². The molecule has 9 heteroatoms. The van der Waals surface area contributed by atoms with Gasteiger partial charge in [0.25, 0.3) is 0 Å². The number of hydrogen-bond donors (Lipinski definition) is 1. The molecule has 0 bridgehead atoms. The standard InChI is InChI=1S/C33H50O9/c1-19(34)39-17-32-16-15-31(8)24(33(32,38)26(32)27(37)41-18-40-20(2)35)10-9-23-29(6)13-12-25(42-21(3)36)28(4,5)22(29)11-14-30(23,31)7/h22-26,38H,9-18H2,1-8H3/t22-,23+,24-,25-,26?,29-,30+,31+,32+,33?/m0/s1. The van der Waals surface area contributed by atoms with Gasteiger partial charge in [-0.2, -0.15) is 0 Å². The van der Waals surface area contributed by atoms with Crippen LogP contribution in [0.3, 0.4) is 0 Å². The zero-order valence-electron chi connectivity index (χ0n) is 26.7. The molecule has 5 fully saturated rings. The van der Waals surface area contributed by atoms with Crippen molar-refractivity contribution in [3.05, 3.63) is 0 Å². The Hall–Kier alpha value is -2.16. The SMILES string of the molecule is CC(=O)OCOC(=O)C1C2(O)[C@H]3CC[C@@H]4[C@@]5(C)CC[C@H](OC(C)=O)C(C)(C)[C@@H]5CC[C@@]4(C)[C@]3(C)CC[C@@]12COC(C)=O. The van der Waals surface area contributed by atoms with Crippen LogP contribution in [-0.4, -0.2) is 54.1 Å². The molecule has 5 aliphatic rings. The second kappa shape index (κ2) is 9.93. The number of esters is 4. The van der Waals surface area contributed by atoms with E-state index in [-0.39, 0.29) is 46.3 Å². The van der Waals surface area contributed by atoms with E-state index in [9.17, 15) is 24.3 Å². The summed E-state index contributed by atoms with van der Waals surface area (Å²) in [5, 5.41) is 12.6. The molecule has 0 aromatic rings. The van der Waals surface area contributed by atoms with E-state index in [4.69, 9.17) is 18.9 Å². The summed E-state index contributed by atoms with van der Waals surface area (Å²) in [6.07, 6.45) is 6.80. The van der Waals surface area contributed by atoms with Crippen LogP contribution >= 0.6 is 0 Å². The summed E-state index contributed by atoms with van der Waals surface area (Å²) in [5.41, 5.74) is -2.70. The third-order valence-corrected chi connectivity index (χ3v) is 13.7. The zero-order chi connectivity index (χ0) is 31.1. The number of carbonyl (C=O) groups is 4. The Labute approximate surface area is 249 Å². The molecule has 10 atom stereocenters. The Balaban J connectivity index is 1.46. The van der Waals surface area contributed by atoms with Crippen LogP contribution in [-0.2, 0) is 38.1 Å². The topological polar surface area (TPSA) is 125 Å². The molecule has 236 valence electrons. The van der Waals surface area contributed by atoms with Crippen molar-refractivity contribution in [1.29, 1.82) is 0 Å². The number of ether oxygens (including phenoxy) is 4. The van der Waals surface area contributed by atoms with Crippen molar-refractivity contribution in [2.45, 2.75) is 118 Å². The van der Waals surface area contributed by atoms with Gasteiger partial charge in [-0.15, -0.1) is 0 Å². The Bertz CT molecular complexity index is 1160. The number of carbonyl (C=O) groups excluding carboxylic acids is 4. The summed E-state index contributed by atoms with van der Waals surface area (Å²) in [4.78, 5) is 48.5. The van der Waals surface area contributed by atoms with Gasteiger partial charge >= 0.3 is 23.9 Å². The Morgan fingerprint density at radius 1 is 0.690 bits per heavy atom. The maximum Gasteiger partial charge on any atom is 0.315 e. The molecular weight excluding hydrogens is 540 g/mol. The van der Waals surface area contributed by atoms with E-state index in [1.54, 1.807) is 0 Å². The molecule has 42 heavy (non-hydrogen) atoms. The largest absolute Gasteiger partial charge is 0.465 e. The lowest BCUT2D eigenvalue weighted by molar-refractivity contribution is -0.252. The average molecular weight is 591 g/mol. The first-order valence-electron chi connectivity index (χ1n) is 15.7. The smallest absolute Gasteiger partial charge is 0.315 e. The minimum atomic E-state index is -1.37. The summed E-state index contributed by atoms with van der Waals surface area (Å²) in [6, 6.07) is 0. The van der Waals surface area contributed by atoms with Crippen molar-refractivity contribution in [2.24, 2.45) is 50.7 Å². The van der Waals surface area contributed by atoms with Gasteiger partial charge in [0, 0.05) is 26.2 Å². The molecule has 0 aromatic carbocycles. The van der Waals surface area contributed by atoms with Gasteiger partial charge in [-0.25, -0.2) is 0 Å². The van der Waals surface area contributed by atoms with Gasteiger partial charge in [0.15, 0.2) is 0 Å². The third kappa shape index (κ3) is 4.11. The lowest BCUT2D eigenvalue weighted by Crippen LogP contribution is -2.67. The van der Waals surface area contributed by atoms with Gasteiger partial charge in [0.2, 0.25) is 6.79 Å². The first-order valence-corrected chi connectivity index (χ1v) is 15.7. The van der Waals surface area contributed by atoms with E-state index in [2.05, 4.69) is 34.6 Å². The van der Waals surface area contributed by atoms with Gasteiger partial charge in [-0.05, 0) is 85.4 Å². The van der Waals surface area contributed by atoms with Crippen LogP contribution in [0.1, 0.15) is 107 Å². The Morgan fingerprint density at radius 2 is 1.31 bits per heavy atom. The monoisotopic (exact) mass is 590 g/mol. The quantitative estimate of drug-likeness (QED) is 0.259. The third-order valence-electron chi connectivity index (χ3n) is 13.7. The van der Waals surface area contributed by atoms with Gasteiger partial charge in [-0.3, -0.25) is 19.2 Å². The van der Waals surface area contributed by atoms with Crippen molar-refractivity contribution in [1.82, 2.24) is 0 Å². The predicted octanol–water partition coefficient (Wildman–Crippen LogP) is 4.96. The van der Waals surface area contributed by atoms with E-state index in [1.807, 2.05) is 0 Å². The molecule has 0 amide bonds. The van der Waals surface area contributed by atoms with Crippen molar-refractivity contribution in [3.8, 4) is 0 Å². The minimum absolute atomic E-state index is 0.0373. The second-order valence-electron chi connectivity index (χ2n) is 15.5. The van der Waals surface area contributed by atoms with Gasteiger partial charge in [0.1, 0.15) is 12.7 Å². The first-order chi connectivity index (χ1) is 19.4. The molecular formula is C33H50O9. The van der Waals surface area contributed by atoms with Gasteiger partial charge in [0.05, 0.1) is 16.9 Å². The molecule has 9 nitrogen and oxygen atoms in total. The first kappa shape index (κ1) is 31.3. The van der Waals surface area contributed by atoms with E-state index in [0.29, 0.717) is 18.3 Å². The Kier molecular flexibility index (Phi) is 7.39. The molecule has 0 radical (unpaired) electrons. The number of rotatable bonds is 6. The van der Waals surface area contributed by atoms with Crippen molar-refractivity contribution >= 4 is 23.9 Å². The van der Waals surface area contributed by atoms with Crippen LogP contribution in [0.25, 0.3) is 0 Å². The highest BCUT2D eigenvalue weighted by Crippen LogP contribution is 2.82. The van der Waals surface area contributed by atoms with Crippen LogP contribution < -0.4 is 0 Å². The number of aliphatic hydroxyl groups is 1. The van der Waals surface area contributed by atoms with Crippen molar-refractivity contribution in [3.63, 3.8) is 0 Å². The molecule has 0 heterocycles. The van der Waals surface area contributed by atoms with Crippen LogP contribution in [0.2, 0.25) is 0 Å². The maximum atomic E-state index is 13.4. The fraction of sp³-hybridized carbons (Fsp3) is 0.879. The maximum absolute atomic E-state index is 13.4. The molecule has 0 aliphatic heterocycles. The summed E-state index contributed by atoms with van der Waals surface area (Å²) in [6.45, 7) is 15.2. The van der Waals surface area contributed by atoms with Crippen LogP contribution in [0.5, 0.6) is 0 Å². The number of fused-ring (bicyclic) bond motifs is 7. The van der Waals surface area contributed by atoms with Crippen LogP contribution in [0.15, 0.2) is 0 Å². The lowest BCUT2D eigenvalue weighted by atomic mass is 9.33. The van der Waals surface area contributed by atoms with Crippen LogP contribution in [0, 0.1) is 50.7 Å². The highest BCUT2D eigenvalue weighted by atomic mass is 16.7. The average Bonchev–Trinajstić information content (AvgIpc) is 3.44. The molecule has 5 rings (SSSR count). The Morgan fingerprint density at radius 3 is 1.93 bits per heavy atom. The summed E-state index contributed by atoms with van der Waals surface area (Å²) < 4.78 is 21.5. The normalized spacial score (nSPS) is 46.5. The summed E-state index contributed by atoms with van der Waals surface area (Å²) >= 11 is 0. The fourth-order valence-electron chi connectivity index (χ4n) is 11.6. The molecule has 2 unspecified atom stereocenters. The number of hydrogen-bond acceptors (Lipinski definition) is 9. The van der Waals surface area contributed by atoms with Gasteiger partial charge in [-0.1, -0.05) is 34.6 Å². The second-order valence-corrected chi connectivity index (χ2v) is 15.5. The summed E-state index contributed by atoms with van der Waals surface area (Å²) in [7, 11) is 0. The van der Waals surface area contributed by atoms with Crippen molar-refractivity contribution < 1.29 is 43.2 Å². The molecule has 5 saturated carbocycles. The summed E-state index contributed by atoms with van der Waals surface area (Å²) in [5.74, 6) is -2.04. The zero-order valence-corrected chi connectivity index (χ0v) is 26.7. The van der Waals surface area contributed by atoms with E-state index < -0.39 is 41.6 Å². The molecule has 0 saturated heterocycles. The fourth-order valence-corrected chi connectivity index (χ4v) is 11.6. The molecule has 0 spiro atoms.